The van der Waals surface area contributed by atoms with Crippen molar-refractivity contribution in [2.75, 3.05) is 5.32 Å². The number of imidazole rings is 1. The van der Waals surface area contributed by atoms with E-state index in [1.54, 1.807) is 4.57 Å². The SMILES string of the molecule is CC(C)NC(=O)c1nc(C(=O)Nc2cccc(C(F)(F)F)c2)n2c1CCCC2. The summed E-state index contributed by atoms with van der Waals surface area (Å²) < 4.78 is 40.3. The highest BCUT2D eigenvalue weighted by Crippen LogP contribution is 2.31. The molecular formula is C19H21F3N4O2. The van der Waals surface area contributed by atoms with Gasteiger partial charge in [0.15, 0.2) is 5.82 Å². The van der Waals surface area contributed by atoms with Gasteiger partial charge in [0.05, 0.1) is 11.3 Å². The van der Waals surface area contributed by atoms with Gasteiger partial charge in [0.1, 0.15) is 5.69 Å². The van der Waals surface area contributed by atoms with Crippen LogP contribution in [0.25, 0.3) is 0 Å². The fourth-order valence-corrected chi connectivity index (χ4v) is 3.19. The molecule has 1 aliphatic rings. The van der Waals surface area contributed by atoms with E-state index in [4.69, 9.17) is 0 Å². The van der Waals surface area contributed by atoms with Gasteiger partial charge in [-0.25, -0.2) is 4.98 Å². The Morgan fingerprint density at radius 1 is 1.18 bits per heavy atom. The fourth-order valence-electron chi connectivity index (χ4n) is 3.19. The summed E-state index contributed by atoms with van der Waals surface area (Å²) in [5.74, 6) is -0.981. The van der Waals surface area contributed by atoms with Crippen LogP contribution in [0.2, 0.25) is 0 Å². The topological polar surface area (TPSA) is 76.0 Å². The van der Waals surface area contributed by atoms with Gasteiger partial charge >= 0.3 is 6.18 Å². The first-order chi connectivity index (χ1) is 13.2. The van der Waals surface area contributed by atoms with E-state index >= 15 is 0 Å². The molecule has 0 saturated carbocycles. The van der Waals surface area contributed by atoms with Crippen LogP contribution in [0.4, 0.5) is 18.9 Å². The molecule has 0 bridgehead atoms. The Kier molecular flexibility index (Phi) is 5.44. The van der Waals surface area contributed by atoms with Crippen LogP contribution in [0.5, 0.6) is 0 Å². The number of alkyl halides is 3. The van der Waals surface area contributed by atoms with E-state index in [1.807, 2.05) is 13.8 Å². The molecule has 2 aromatic rings. The number of hydrogen-bond acceptors (Lipinski definition) is 3. The molecule has 0 atom stereocenters. The zero-order chi connectivity index (χ0) is 20.5. The molecule has 0 saturated heterocycles. The monoisotopic (exact) mass is 394 g/mol. The number of fused-ring (bicyclic) bond motifs is 1. The number of amides is 2. The van der Waals surface area contributed by atoms with E-state index in [-0.39, 0.29) is 29.2 Å². The van der Waals surface area contributed by atoms with Gasteiger partial charge in [0.2, 0.25) is 0 Å². The lowest BCUT2D eigenvalue weighted by Crippen LogP contribution is -2.31. The molecular weight excluding hydrogens is 373 g/mol. The van der Waals surface area contributed by atoms with E-state index in [2.05, 4.69) is 15.6 Å². The molecule has 1 aromatic heterocycles. The number of hydrogen-bond donors (Lipinski definition) is 2. The van der Waals surface area contributed by atoms with Crippen LogP contribution in [0.3, 0.4) is 0 Å². The Morgan fingerprint density at radius 2 is 1.93 bits per heavy atom. The van der Waals surface area contributed by atoms with Gasteiger partial charge in [-0.2, -0.15) is 13.2 Å². The first-order valence-corrected chi connectivity index (χ1v) is 9.05. The van der Waals surface area contributed by atoms with Crippen molar-refractivity contribution in [2.45, 2.75) is 51.9 Å². The van der Waals surface area contributed by atoms with Crippen LogP contribution < -0.4 is 10.6 Å². The van der Waals surface area contributed by atoms with E-state index < -0.39 is 17.6 Å². The highest BCUT2D eigenvalue weighted by atomic mass is 19.4. The van der Waals surface area contributed by atoms with Crippen LogP contribution in [0, 0.1) is 0 Å². The lowest BCUT2D eigenvalue weighted by molar-refractivity contribution is -0.137. The minimum atomic E-state index is -4.50. The Bertz CT molecular complexity index is 903. The second-order valence-electron chi connectivity index (χ2n) is 7.00. The molecule has 3 rings (SSSR count). The van der Waals surface area contributed by atoms with E-state index in [0.29, 0.717) is 18.7 Å². The molecule has 2 heterocycles. The third-order valence-electron chi connectivity index (χ3n) is 4.40. The summed E-state index contributed by atoms with van der Waals surface area (Å²) in [4.78, 5) is 29.4. The summed E-state index contributed by atoms with van der Waals surface area (Å²) in [5, 5.41) is 5.22. The number of halogens is 3. The van der Waals surface area contributed by atoms with Crippen molar-refractivity contribution in [1.82, 2.24) is 14.9 Å². The minimum absolute atomic E-state index is 0.0150. The van der Waals surface area contributed by atoms with Crippen molar-refractivity contribution in [2.24, 2.45) is 0 Å². The Hall–Kier alpha value is -2.84. The normalized spacial score (nSPS) is 13.9. The maximum atomic E-state index is 12.9. The highest BCUT2D eigenvalue weighted by Gasteiger charge is 2.31. The van der Waals surface area contributed by atoms with Crippen molar-refractivity contribution in [1.29, 1.82) is 0 Å². The van der Waals surface area contributed by atoms with Gasteiger partial charge in [-0.15, -0.1) is 0 Å². The highest BCUT2D eigenvalue weighted by molar-refractivity contribution is 6.03. The van der Waals surface area contributed by atoms with Gasteiger partial charge in [-0.1, -0.05) is 6.07 Å². The van der Waals surface area contributed by atoms with Crippen LogP contribution >= 0.6 is 0 Å². The fraction of sp³-hybridized carbons (Fsp3) is 0.421. The second kappa shape index (κ2) is 7.65. The van der Waals surface area contributed by atoms with Crippen LogP contribution in [-0.2, 0) is 19.1 Å². The largest absolute Gasteiger partial charge is 0.416 e. The lowest BCUT2D eigenvalue weighted by Gasteiger charge is -2.17. The van der Waals surface area contributed by atoms with Gasteiger partial charge in [0.25, 0.3) is 11.8 Å². The van der Waals surface area contributed by atoms with E-state index in [0.717, 1.165) is 25.0 Å². The molecule has 0 fully saturated rings. The Labute approximate surface area is 160 Å². The molecule has 28 heavy (non-hydrogen) atoms. The molecule has 0 aliphatic carbocycles. The minimum Gasteiger partial charge on any atom is -0.348 e. The molecule has 1 aromatic carbocycles. The Morgan fingerprint density at radius 3 is 2.61 bits per heavy atom. The maximum Gasteiger partial charge on any atom is 0.416 e. The average Bonchev–Trinajstić information content (AvgIpc) is 3.00. The number of nitrogens with zero attached hydrogens (tertiary/aromatic N) is 2. The van der Waals surface area contributed by atoms with Crippen molar-refractivity contribution in [3.63, 3.8) is 0 Å². The maximum absolute atomic E-state index is 12.9. The first-order valence-electron chi connectivity index (χ1n) is 9.05. The smallest absolute Gasteiger partial charge is 0.348 e. The van der Waals surface area contributed by atoms with E-state index in [1.165, 1.54) is 12.1 Å². The van der Waals surface area contributed by atoms with Crippen molar-refractivity contribution in [3.05, 3.63) is 47.0 Å². The molecule has 0 spiro atoms. The molecule has 6 nitrogen and oxygen atoms in total. The molecule has 9 heteroatoms. The molecule has 0 radical (unpaired) electrons. The summed E-state index contributed by atoms with van der Waals surface area (Å²) >= 11 is 0. The Balaban J connectivity index is 1.90. The van der Waals surface area contributed by atoms with Crippen molar-refractivity contribution >= 4 is 17.5 Å². The zero-order valence-corrected chi connectivity index (χ0v) is 15.6. The zero-order valence-electron chi connectivity index (χ0n) is 15.6. The summed E-state index contributed by atoms with van der Waals surface area (Å²) in [5.41, 5.74) is 0.0369. The van der Waals surface area contributed by atoms with Crippen LogP contribution in [0.1, 0.15) is 59.1 Å². The summed E-state index contributed by atoms with van der Waals surface area (Å²) in [6.45, 7) is 4.17. The predicted octanol–water partition coefficient (Wildman–Crippen LogP) is 3.63. The molecule has 2 amide bonds. The number of rotatable bonds is 4. The molecule has 2 N–H and O–H groups in total. The van der Waals surface area contributed by atoms with Crippen molar-refractivity contribution in [3.8, 4) is 0 Å². The van der Waals surface area contributed by atoms with Gasteiger partial charge in [-0.05, 0) is 51.3 Å². The number of carbonyl (C=O) groups is 2. The van der Waals surface area contributed by atoms with E-state index in [9.17, 15) is 22.8 Å². The standard InChI is InChI=1S/C19H21F3N4O2/c1-11(2)23-17(27)15-14-8-3-4-9-26(14)16(25-15)18(28)24-13-7-5-6-12(10-13)19(20,21)22/h5-7,10-11H,3-4,8-9H2,1-2H3,(H,23,27)(H,24,28). The average molecular weight is 394 g/mol. The number of aromatic nitrogens is 2. The third-order valence-corrected chi connectivity index (χ3v) is 4.40. The van der Waals surface area contributed by atoms with Crippen LogP contribution in [-0.4, -0.2) is 27.4 Å². The first kappa shape index (κ1) is 19.9. The summed E-state index contributed by atoms with van der Waals surface area (Å²) in [7, 11) is 0. The number of nitrogens with one attached hydrogen (secondary N) is 2. The summed E-state index contributed by atoms with van der Waals surface area (Å²) in [6, 6.07) is 4.31. The van der Waals surface area contributed by atoms with Crippen LogP contribution in [0.15, 0.2) is 24.3 Å². The number of benzene rings is 1. The van der Waals surface area contributed by atoms with Gasteiger partial charge in [0, 0.05) is 18.3 Å². The number of anilines is 1. The predicted molar refractivity (Wildman–Crippen MR) is 97.2 cm³/mol. The van der Waals surface area contributed by atoms with Gasteiger partial charge in [-0.3, -0.25) is 9.59 Å². The summed E-state index contributed by atoms with van der Waals surface area (Å²) in [6.07, 6.45) is -2.18. The molecule has 150 valence electrons. The van der Waals surface area contributed by atoms with Crippen molar-refractivity contribution < 1.29 is 22.8 Å². The second-order valence-corrected chi connectivity index (χ2v) is 7.00. The molecule has 1 aliphatic heterocycles. The molecule has 0 unspecified atom stereocenters. The lowest BCUT2D eigenvalue weighted by atomic mass is 10.1. The number of carbonyl (C=O) groups excluding carboxylic acids is 2. The quantitative estimate of drug-likeness (QED) is 0.832. The van der Waals surface area contributed by atoms with Gasteiger partial charge < -0.3 is 15.2 Å². The third kappa shape index (κ3) is 4.18.